The van der Waals surface area contributed by atoms with Gasteiger partial charge in [-0.05, 0) is 94.9 Å². The van der Waals surface area contributed by atoms with Crippen molar-refractivity contribution in [3.05, 3.63) is 86.3 Å². The van der Waals surface area contributed by atoms with Crippen LogP contribution in [0.25, 0.3) is 6.08 Å². The monoisotopic (exact) mass is 599 g/mol. The number of ether oxygens (including phenoxy) is 2. The summed E-state index contributed by atoms with van der Waals surface area (Å²) in [6.45, 7) is 1.79. The fraction of sp³-hybridized carbons (Fsp3) is 0.115. The molecule has 35 heavy (non-hydrogen) atoms. The van der Waals surface area contributed by atoms with Crippen molar-refractivity contribution < 1.29 is 19.1 Å². The van der Waals surface area contributed by atoms with Gasteiger partial charge in [-0.1, -0.05) is 30.3 Å². The average molecular weight is 599 g/mol. The van der Waals surface area contributed by atoms with Gasteiger partial charge in [0.1, 0.15) is 0 Å². The zero-order valence-electron chi connectivity index (χ0n) is 19.0. The van der Waals surface area contributed by atoms with Crippen LogP contribution in [0.3, 0.4) is 0 Å². The molecule has 178 valence electrons. The van der Waals surface area contributed by atoms with Gasteiger partial charge in [0.05, 0.1) is 21.3 Å². The largest absolute Gasteiger partial charge is 0.493 e. The van der Waals surface area contributed by atoms with Crippen LogP contribution in [0.5, 0.6) is 11.5 Å². The minimum absolute atomic E-state index is 0.168. The number of nitrogens with zero attached hydrogens (tertiary/aromatic N) is 1. The van der Waals surface area contributed by atoms with Crippen LogP contribution in [0.4, 0.5) is 11.4 Å². The normalized spacial score (nSPS) is 15.2. The maximum atomic E-state index is 12.5. The number of thioether (sulfide) groups is 1. The third-order valence-corrected chi connectivity index (χ3v) is 6.55. The number of methoxy groups -OCH3 is 1. The highest BCUT2D eigenvalue weighted by molar-refractivity contribution is 14.1. The topological polar surface area (TPSA) is 89.0 Å². The number of amides is 2. The molecule has 0 aromatic heterocycles. The van der Waals surface area contributed by atoms with E-state index < -0.39 is 0 Å². The highest BCUT2D eigenvalue weighted by atomic mass is 127. The summed E-state index contributed by atoms with van der Waals surface area (Å²) in [4.78, 5) is 29.8. The maximum absolute atomic E-state index is 12.5. The molecular formula is C26H22IN3O4S. The van der Waals surface area contributed by atoms with Gasteiger partial charge in [0.25, 0.3) is 11.8 Å². The molecule has 0 bridgehead atoms. The Bertz CT molecular complexity index is 1330. The summed E-state index contributed by atoms with van der Waals surface area (Å²) in [6, 6.07) is 20.6. The molecule has 1 fully saturated rings. The van der Waals surface area contributed by atoms with Crippen LogP contribution in [0.1, 0.15) is 11.1 Å². The van der Waals surface area contributed by atoms with Crippen LogP contribution in [0, 0.1) is 10.5 Å². The highest BCUT2D eigenvalue weighted by Gasteiger charge is 2.24. The summed E-state index contributed by atoms with van der Waals surface area (Å²) in [5, 5.41) is 6.13. The lowest BCUT2D eigenvalue weighted by Crippen LogP contribution is -2.20. The Morgan fingerprint density at radius 1 is 1.14 bits per heavy atom. The molecule has 1 heterocycles. The molecule has 0 saturated carbocycles. The van der Waals surface area contributed by atoms with Gasteiger partial charge in [0, 0.05) is 5.69 Å². The van der Waals surface area contributed by atoms with Crippen LogP contribution in [-0.4, -0.2) is 30.7 Å². The predicted octanol–water partition coefficient (Wildman–Crippen LogP) is 5.52. The fourth-order valence-corrected chi connectivity index (χ4v) is 4.90. The quantitative estimate of drug-likeness (QED) is 0.276. The van der Waals surface area contributed by atoms with Crippen molar-refractivity contribution in [1.29, 1.82) is 0 Å². The van der Waals surface area contributed by atoms with Gasteiger partial charge in [-0.2, -0.15) is 0 Å². The van der Waals surface area contributed by atoms with E-state index in [0.29, 0.717) is 27.3 Å². The molecule has 9 heteroatoms. The van der Waals surface area contributed by atoms with Gasteiger partial charge in [-0.15, -0.1) is 0 Å². The molecule has 4 rings (SSSR count). The SMILES string of the molecule is COc1cc(/C=C2\SC(=Nc3ccccc3)NC2=O)cc(I)c1OCC(=O)Nc1cccc(C)c1. The van der Waals surface area contributed by atoms with E-state index >= 15 is 0 Å². The molecule has 0 aliphatic carbocycles. The maximum Gasteiger partial charge on any atom is 0.264 e. The Hall–Kier alpha value is -3.31. The lowest BCUT2D eigenvalue weighted by Gasteiger charge is -2.14. The number of aliphatic imine (C=N–C) groups is 1. The number of amidine groups is 1. The van der Waals surface area contributed by atoms with Crippen LogP contribution in [-0.2, 0) is 9.59 Å². The van der Waals surface area contributed by atoms with E-state index in [1.165, 1.54) is 18.9 Å². The smallest absolute Gasteiger partial charge is 0.264 e. The second-order valence-electron chi connectivity index (χ2n) is 7.56. The van der Waals surface area contributed by atoms with Crippen molar-refractivity contribution in [2.24, 2.45) is 4.99 Å². The summed E-state index contributed by atoms with van der Waals surface area (Å²) in [7, 11) is 1.53. The van der Waals surface area contributed by atoms with E-state index in [-0.39, 0.29) is 18.4 Å². The highest BCUT2D eigenvalue weighted by Crippen LogP contribution is 2.36. The number of rotatable bonds is 7. The van der Waals surface area contributed by atoms with E-state index in [9.17, 15) is 9.59 Å². The molecule has 1 aliphatic rings. The third-order valence-electron chi connectivity index (χ3n) is 4.84. The van der Waals surface area contributed by atoms with Crippen molar-refractivity contribution in [2.75, 3.05) is 19.0 Å². The number of hydrogen-bond donors (Lipinski definition) is 2. The molecule has 1 aliphatic heterocycles. The lowest BCUT2D eigenvalue weighted by atomic mass is 10.2. The summed E-state index contributed by atoms with van der Waals surface area (Å²) in [6.07, 6.45) is 1.77. The molecule has 0 unspecified atom stereocenters. The lowest BCUT2D eigenvalue weighted by molar-refractivity contribution is -0.118. The van der Waals surface area contributed by atoms with Gasteiger partial charge in [-0.3, -0.25) is 9.59 Å². The van der Waals surface area contributed by atoms with Crippen molar-refractivity contribution in [3.8, 4) is 11.5 Å². The minimum atomic E-state index is -0.274. The standard InChI is InChI=1S/C26H22IN3O4S/c1-16-7-6-10-19(11-16)28-23(31)15-34-24-20(27)12-17(13-21(24)33-2)14-22-25(32)30-26(35-22)29-18-8-4-3-5-9-18/h3-14H,15H2,1-2H3,(H,28,31)(H,29,30,32)/b22-14-. The number of halogens is 1. The molecule has 2 N–H and O–H groups in total. The molecule has 0 radical (unpaired) electrons. The Morgan fingerprint density at radius 3 is 2.69 bits per heavy atom. The first-order valence-corrected chi connectivity index (χ1v) is 12.5. The van der Waals surface area contributed by atoms with Crippen LogP contribution < -0.4 is 20.1 Å². The minimum Gasteiger partial charge on any atom is -0.493 e. The van der Waals surface area contributed by atoms with Crippen molar-refractivity contribution in [3.63, 3.8) is 0 Å². The summed E-state index contributed by atoms with van der Waals surface area (Å²) in [5.74, 6) is 0.439. The average Bonchev–Trinajstić information content (AvgIpc) is 3.16. The number of benzene rings is 3. The number of aryl methyl sites for hydroxylation is 1. The van der Waals surface area contributed by atoms with Crippen LogP contribution in [0.2, 0.25) is 0 Å². The van der Waals surface area contributed by atoms with E-state index in [0.717, 1.165) is 20.4 Å². The Labute approximate surface area is 221 Å². The van der Waals surface area contributed by atoms with Gasteiger partial charge in [-0.25, -0.2) is 4.99 Å². The Kier molecular flexibility index (Phi) is 8.09. The molecule has 0 spiro atoms. The van der Waals surface area contributed by atoms with Crippen molar-refractivity contribution >= 4 is 68.8 Å². The summed E-state index contributed by atoms with van der Waals surface area (Å²) >= 11 is 3.39. The first kappa shape index (κ1) is 24.8. The number of carbonyl (C=O) groups excluding carboxylic acids is 2. The van der Waals surface area contributed by atoms with E-state index in [2.05, 4.69) is 38.2 Å². The second kappa shape index (κ2) is 11.4. The number of anilines is 1. The summed E-state index contributed by atoms with van der Waals surface area (Å²) in [5.41, 5.74) is 3.30. The van der Waals surface area contributed by atoms with Gasteiger partial charge in [0.15, 0.2) is 23.3 Å². The van der Waals surface area contributed by atoms with E-state index in [1.807, 2.05) is 67.6 Å². The Morgan fingerprint density at radius 2 is 1.94 bits per heavy atom. The zero-order chi connectivity index (χ0) is 24.8. The van der Waals surface area contributed by atoms with E-state index in [4.69, 9.17) is 9.47 Å². The molecule has 3 aromatic carbocycles. The van der Waals surface area contributed by atoms with E-state index in [1.54, 1.807) is 12.1 Å². The molecule has 2 amide bonds. The Balaban J connectivity index is 1.46. The third kappa shape index (κ3) is 6.64. The number of hydrogen-bond acceptors (Lipinski definition) is 6. The van der Waals surface area contributed by atoms with Crippen molar-refractivity contribution in [1.82, 2.24) is 5.32 Å². The van der Waals surface area contributed by atoms with Gasteiger partial charge in [0.2, 0.25) is 0 Å². The van der Waals surface area contributed by atoms with Crippen LogP contribution >= 0.6 is 34.4 Å². The first-order chi connectivity index (χ1) is 16.9. The molecule has 3 aromatic rings. The first-order valence-electron chi connectivity index (χ1n) is 10.6. The van der Waals surface area contributed by atoms with Crippen LogP contribution in [0.15, 0.2) is 76.6 Å². The van der Waals surface area contributed by atoms with Crippen molar-refractivity contribution in [2.45, 2.75) is 6.92 Å². The number of nitrogens with one attached hydrogen (secondary N) is 2. The number of carbonyl (C=O) groups is 2. The fourth-order valence-electron chi connectivity index (χ4n) is 3.27. The predicted molar refractivity (Wildman–Crippen MR) is 148 cm³/mol. The summed E-state index contributed by atoms with van der Waals surface area (Å²) < 4.78 is 12.0. The second-order valence-corrected chi connectivity index (χ2v) is 9.75. The van der Waals surface area contributed by atoms with Gasteiger partial charge >= 0.3 is 0 Å². The van der Waals surface area contributed by atoms with Gasteiger partial charge < -0.3 is 20.1 Å². The molecule has 7 nitrogen and oxygen atoms in total. The molecule has 0 atom stereocenters. The molecular weight excluding hydrogens is 577 g/mol. The number of para-hydroxylation sites is 1. The zero-order valence-corrected chi connectivity index (χ0v) is 22.0. The molecule has 1 saturated heterocycles.